The van der Waals surface area contributed by atoms with E-state index < -0.39 is 0 Å². The monoisotopic (exact) mass is 415 g/mol. The van der Waals surface area contributed by atoms with Crippen LogP contribution in [0.25, 0.3) is 0 Å². The number of carbonyl (C=O) groups excluding carboxylic acids is 2. The standard InChI is InChI=1S/C21H29N5O4/c1-14(2)20-24-18(30-25-20)7-6-11-22-21(28)23-15-9-10-17(29-3)16(13-15)26-12-5-4-8-19(26)27/h9-10,13-14H,4-8,11-12H2,1-3H3,(H2,22,23,28). The first-order valence-corrected chi connectivity index (χ1v) is 10.3. The van der Waals surface area contributed by atoms with Crippen molar-refractivity contribution in [2.75, 3.05) is 30.4 Å². The SMILES string of the molecule is COc1ccc(NC(=O)NCCCc2nc(C(C)C)no2)cc1N1CCCCC1=O. The number of anilines is 2. The van der Waals surface area contributed by atoms with E-state index in [4.69, 9.17) is 9.26 Å². The Kier molecular flexibility index (Phi) is 7.26. The van der Waals surface area contributed by atoms with E-state index in [2.05, 4.69) is 20.8 Å². The fourth-order valence-electron chi connectivity index (χ4n) is 3.26. The van der Waals surface area contributed by atoms with Crippen LogP contribution >= 0.6 is 0 Å². The van der Waals surface area contributed by atoms with Crippen LogP contribution in [-0.2, 0) is 11.2 Å². The Labute approximate surface area is 176 Å². The van der Waals surface area contributed by atoms with Gasteiger partial charge >= 0.3 is 6.03 Å². The molecule has 3 rings (SSSR count). The lowest BCUT2D eigenvalue weighted by Gasteiger charge is -2.28. The smallest absolute Gasteiger partial charge is 0.319 e. The third kappa shape index (κ3) is 5.49. The second kappa shape index (κ2) is 10.1. The average Bonchev–Trinajstić information content (AvgIpc) is 3.21. The van der Waals surface area contributed by atoms with Gasteiger partial charge in [-0.15, -0.1) is 0 Å². The van der Waals surface area contributed by atoms with Crippen molar-refractivity contribution in [3.8, 4) is 5.75 Å². The minimum absolute atomic E-state index is 0.0720. The lowest BCUT2D eigenvalue weighted by Crippen LogP contribution is -2.35. The molecule has 30 heavy (non-hydrogen) atoms. The molecule has 1 aliphatic heterocycles. The molecule has 1 aromatic heterocycles. The van der Waals surface area contributed by atoms with Crippen molar-refractivity contribution in [1.29, 1.82) is 0 Å². The molecule has 2 aromatic rings. The molecule has 162 valence electrons. The number of carbonyl (C=O) groups is 2. The number of hydrogen-bond donors (Lipinski definition) is 2. The molecule has 0 spiro atoms. The second-order valence-corrected chi connectivity index (χ2v) is 7.57. The van der Waals surface area contributed by atoms with Gasteiger partial charge in [-0.25, -0.2) is 4.79 Å². The van der Waals surface area contributed by atoms with Gasteiger partial charge in [0, 0.05) is 37.5 Å². The minimum atomic E-state index is -0.315. The predicted molar refractivity (Wildman–Crippen MR) is 113 cm³/mol. The molecule has 3 amide bonds. The number of benzene rings is 1. The van der Waals surface area contributed by atoms with E-state index >= 15 is 0 Å². The summed E-state index contributed by atoms with van der Waals surface area (Å²) < 4.78 is 10.6. The van der Waals surface area contributed by atoms with Crippen LogP contribution in [0.4, 0.5) is 16.2 Å². The van der Waals surface area contributed by atoms with Gasteiger partial charge in [0.05, 0.1) is 12.8 Å². The van der Waals surface area contributed by atoms with Gasteiger partial charge in [0.15, 0.2) is 5.82 Å². The topological polar surface area (TPSA) is 110 Å². The fourth-order valence-corrected chi connectivity index (χ4v) is 3.26. The molecule has 1 aromatic carbocycles. The van der Waals surface area contributed by atoms with Crippen molar-refractivity contribution in [2.24, 2.45) is 0 Å². The Balaban J connectivity index is 1.51. The van der Waals surface area contributed by atoms with Crippen LogP contribution in [0.1, 0.15) is 57.2 Å². The number of amides is 3. The van der Waals surface area contributed by atoms with Crippen LogP contribution in [0.3, 0.4) is 0 Å². The highest BCUT2D eigenvalue weighted by molar-refractivity contribution is 5.97. The lowest BCUT2D eigenvalue weighted by atomic mass is 10.1. The average molecular weight is 415 g/mol. The first-order chi connectivity index (χ1) is 14.5. The van der Waals surface area contributed by atoms with E-state index in [1.807, 2.05) is 13.8 Å². The molecule has 1 fully saturated rings. The number of hydrogen-bond acceptors (Lipinski definition) is 6. The van der Waals surface area contributed by atoms with Gasteiger partial charge in [-0.05, 0) is 37.5 Å². The molecular formula is C21H29N5O4. The van der Waals surface area contributed by atoms with Gasteiger partial charge in [-0.1, -0.05) is 19.0 Å². The highest BCUT2D eigenvalue weighted by Gasteiger charge is 2.23. The summed E-state index contributed by atoms with van der Waals surface area (Å²) in [6, 6.07) is 4.97. The largest absolute Gasteiger partial charge is 0.495 e. The number of rotatable bonds is 8. The minimum Gasteiger partial charge on any atom is -0.495 e. The third-order valence-corrected chi connectivity index (χ3v) is 4.90. The highest BCUT2D eigenvalue weighted by Crippen LogP contribution is 2.33. The van der Waals surface area contributed by atoms with E-state index in [-0.39, 0.29) is 17.9 Å². The molecule has 0 saturated carbocycles. The fraction of sp³-hybridized carbons (Fsp3) is 0.524. The van der Waals surface area contributed by atoms with Gasteiger partial charge in [-0.2, -0.15) is 4.98 Å². The molecule has 1 aliphatic rings. The molecule has 0 bridgehead atoms. The molecule has 0 atom stereocenters. The Bertz CT molecular complexity index is 880. The molecular weight excluding hydrogens is 386 g/mol. The number of methoxy groups -OCH3 is 1. The summed E-state index contributed by atoms with van der Waals surface area (Å²) in [4.78, 5) is 30.6. The zero-order valence-electron chi connectivity index (χ0n) is 17.7. The van der Waals surface area contributed by atoms with Crippen LogP contribution in [-0.4, -0.2) is 42.3 Å². The van der Waals surface area contributed by atoms with Crippen molar-refractivity contribution in [1.82, 2.24) is 15.5 Å². The van der Waals surface area contributed by atoms with Gasteiger partial charge in [-0.3, -0.25) is 4.79 Å². The summed E-state index contributed by atoms with van der Waals surface area (Å²) in [5.74, 6) is 2.17. The number of aromatic nitrogens is 2. The predicted octanol–water partition coefficient (Wildman–Crippen LogP) is 3.47. The summed E-state index contributed by atoms with van der Waals surface area (Å²) in [5.41, 5.74) is 1.28. The van der Waals surface area contributed by atoms with Crippen LogP contribution in [0.5, 0.6) is 5.75 Å². The number of piperidine rings is 1. The quantitative estimate of drug-likeness (QED) is 0.639. The highest BCUT2D eigenvalue weighted by atomic mass is 16.5. The summed E-state index contributed by atoms with van der Waals surface area (Å²) in [6.45, 7) is 5.14. The summed E-state index contributed by atoms with van der Waals surface area (Å²) >= 11 is 0. The zero-order valence-corrected chi connectivity index (χ0v) is 17.7. The van der Waals surface area contributed by atoms with E-state index in [9.17, 15) is 9.59 Å². The van der Waals surface area contributed by atoms with Crippen molar-refractivity contribution in [3.63, 3.8) is 0 Å². The number of ether oxygens (including phenoxy) is 1. The van der Waals surface area contributed by atoms with Crippen molar-refractivity contribution in [2.45, 2.75) is 51.9 Å². The van der Waals surface area contributed by atoms with E-state index in [1.54, 1.807) is 30.2 Å². The van der Waals surface area contributed by atoms with Gasteiger partial charge in [0.2, 0.25) is 11.8 Å². The molecule has 0 aliphatic carbocycles. The number of aryl methyl sites for hydroxylation is 1. The van der Waals surface area contributed by atoms with E-state index in [0.717, 1.165) is 12.8 Å². The molecule has 9 nitrogen and oxygen atoms in total. The molecule has 0 unspecified atom stereocenters. The van der Waals surface area contributed by atoms with Gasteiger partial charge in [0.1, 0.15) is 5.75 Å². The number of nitrogens with zero attached hydrogens (tertiary/aromatic N) is 3. The van der Waals surface area contributed by atoms with Crippen LogP contribution in [0.2, 0.25) is 0 Å². The molecule has 2 N–H and O–H groups in total. The Morgan fingerprint density at radius 3 is 2.87 bits per heavy atom. The van der Waals surface area contributed by atoms with Crippen LogP contribution in [0, 0.1) is 0 Å². The molecule has 9 heteroatoms. The third-order valence-electron chi connectivity index (χ3n) is 4.90. The maximum atomic E-state index is 12.3. The van der Waals surface area contributed by atoms with Crippen molar-refractivity contribution in [3.05, 3.63) is 29.9 Å². The van der Waals surface area contributed by atoms with Crippen molar-refractivity contribution >= 4 is 23.3 Å². The number of nitrogens with one attached hydrogen (secondary N) is 2. The van der Waals surface area contributed by atoms with Crippen molar-refractivity contribution < 1.29 is 18.8 Å². The Morgan fingerprint density at radius 2 is 2.17 bits per heavy atom. The summed E-state index contributed by atoms with van der Waals surface area (Å²) in [6.07, 6.45) is 3.67. The first kappa shape index (κ1) is 21.6. The summed E-state index contributed by atoms with van der Waals surface area (Å²) in [7, 11) is 1.57. The van der Waals surface area contributed by atoms with Gasteiger partial charge in [0.25, 0.3) is 0 Å². The number of urea groups is 1. The summed E-state index contributed by atoms with van der Waals surface area (Å²) in [5, 5.41) is 9.55. The lowest BCUT2D eigenvalue weighted by molar-refractivity contribution is -0.119. The maximum absolute atomic E-state index is 12.3. The molecule has 0 radical (unpaired) electrons. The normalized spacial score (nSPS) is 14.1. The Hall–Kier alpha value is -3.10. The zero-order chi connectivity index (χ0) is 21.5. The van der Waals surface area contributed by atoms with E-state index in [0.29, 0.717) is 61.2 Å². The van der Waals surface area contributed by atoms with Crippen LogP contribution < -0.4 is 20.3 Å². The second-order valence-electron chi connectivity index (χ2n) is 7.57. The van der Waals surface area contributed by atoms with Gasteiger partial charge < -0.3 is 24.8 Å². The Morgan fingerprint density at radius 1 is 1.33 bits per heavy atom. The van der Waals surface area contributed by atoms with E-state index in [1.165, 1.54) is 0 Å². The molecule has 2 heterocycles. The molecule has 1 saturated heterocycles. The van der Waals surface area contributed by atoms with Crippen LogP contribution in [0.15, 0.2) is 22.7 Å². The maximum Gasteiger partial charge on any atom is 0.319 e. The first-order valence-electron chi connectivity index (χ1n) is 10.3.